The molecular formula is C11H9N3O4S. The van der Waals surface area contributed by atoms with Crippen molar-refractivity contribution in [3.63, 3.8) is 0 Å². The molecule has 1 aromatic carbocycles. The van der Waals surface area contributed by atoms with Crippen LogP contribution in [0.2, 0.25) is 0 Å². The molecule has 0 saturated carbocycles. The first-order valence-electron chi connectivity index (χ1n) is 5.10. The number of benzene rings is 1. The van der Waals surface area contributed by atoms with Gasteiger partial charge in [-0.05, 0) is 18.2 Å². The zero-order valence-electron chi connectivity index (χ0n) is 9.45. The summed E-state index contributed by atoms with van der Waals surface area (Å²) in [6.07, 6.45) is 1.55. The highest BCUT2D eigenvalue weighted by molar-refractivity contribution is 7.13. The van der Waals surface area contributed by atoms with Crippen LogP contribution in [-0.4, -0.2) is 27.2 Å². The van der Waals surface area contributed by atoms with Gasteiger partial charge in [0, 0.05) is 17.3 Å². The van der Waals surface area contributed by atoms with Crippen molar-refractivity contribution in [1.29, 1.82) is 0 Å². The molecule has 0 unspecified atom stereocenters. The summed E-state index contributed by atoms with van der Waals surface area (Å²) in [5.74, 6) is -1.64. The third-order valence-electron chi connectivity index (χ3n) is 2.14. The van der Waals surface area contributed by atoms with Crippen LogP contribution < -0.4 is 10.6 Å². The van der Waals surface area contributed by atoms with Crippen LogP contribution in [0.25, 0.3) is 0 Å². The fourth-order valence-corrected chi connectivity index (χ4v) is 1.85. The van der Waals surface area contributed by atoms with E-state index in [1.54, 1.807) is 11.6 Å². The number of hydrogen-bond acceptors (Lipinski definition) is 5. The van der Waals surface area contributed by atoms with Gasteiger partial charge in [0.05, 0.1) is 0 Å². The number of phenols is 1. The lowest BCUT2D eigenvalue weighted by atomic mass is 10.2. The number of carbonyl (C=O) groups excluding carboxylic acids is 1. The lowest BCUT2D eigenvalue weighted by Gasteiger charge is -2.07. The molecule has 0 bridgehead atoms. The molecule has 0 atom stereocenters. The van der Waals surface area contributed by atoms with E-state index in [1.165, 1.54) is 29.5 Å². The first-order valence-corrected chi connectivity index (χ1v) is 5.98. The van der Waals surface area contributed by atoms with Gasteiger partial charge in [-0.25, -0.2) is 14.6 Å². The summed E-state index contributed by atoms with van der Waals surface area (Å²) >= 11 is 1.26. The second kappa shape index (κ2) is 5.36. The quantitative estimate of drug-likeness (QED) is 0.643. The molecule has 98 valence electrons. The maximum Gasteiger partial charge on any atom is 0.339 e. The number of nitrogens with zero attached hydrogens (tertiary/aromatic N) is 1. The van der Waals surface area contributed by atoms with E-state index in [-0.39, 0.29) is 17.0 Å². The molecule has 0 aliphatic heterocycles. The van der Waals surface area contributed by atoms with Crippen LogP contribution in [0, 0.1) is 0 Å². The predicted octanol–water partition coefficient (Wildman–Crippen LogP) is 2.19. The third-order valence-corrected chi connectivity index (χ3v) is 2.83. The van der Waals surface area contributed by atoms with Crippen molar-refractivity contribution < 1.29 is 19.8 Å². The number of amides is 2. The van der Waals surface area contributed by atoms with Crippen molar-refractivity contribution in [1.82, 2.24) is 4.98 Å². The Kier molecular flexibility index (Phi) is 3.62. The Labute approximate surface area is 111 Å². The number of carboxylic acid groups (broad SMARTS) is 1. The van der Waals surface area contributed by atoms with Gasteiger partial charge in [0.1, 0.15) is 11.3 Å². The van der Waals surface area contributed by atoms with Crippen LogP contribution in [0.15, 0.2) is 29.8 Å². The van der Waals surface area contributed by atoms with E-state index in [1.807, 2.05) is 0 Å². The number of thiazole rings is 1. The van der Waals surface area contributed by atoms with Crippen LogP contribution >= 0.6 is 11.3 Å². The number of carbonyl (C=O) groups is 2. The highest BCUT2D eigenvalue weighted by Crippen LogP contribution is 2.21. The summed E-state index contributed by atoms with van der Waals surface area (Å²) in [7, 11) is 0. The lowest BCUT2D eigenvalue weighted by molar-refractivity contribution is 0.0693. The third kappa shape index (κ3) is 3.19. The highest BCUT2D eigenvalue weighted by Gasteiger charge is 2.11. The molecule has 0 radical (unpaired) electrons. The minimum atomic E-state index is -1.28. The molecule has 4 N–H and O–H groups in total. The fourth-order valence-electron chi connectivity index (χ4n) is 1.33. The lowest BCUT2D eigenvalue weighted by Crippen LogP contribution is -2.19. The molecule has 0 spiro atoms. The second-order valence-corrected chi connectivity index (χ2v) is 4.35. The molecule has 0 aliphatic carbocycles. The predicted molar refractivity (Wildman–Crippen MR) is 69.8 cm³/mol. The maximum absolute atomic E-state index is 11.6. The van der Waals surface area contributed by atoms with Gasteiger partial charge in [0.2, 0.25) is 0 Å². The molecule has 2 rings (SSSR count). The van der Waals surface area contributed by atoms with Crippen molar-refractivity contribution in [2.24, 2.45) is 0 Å². The van der Waals surface area contributed by atoms with Crippen molar-refractivity contribution >= 4 is 34.2 Å². The smallest absolute Gasteiger partial charge is 0.339 e. The molecule has 1 heterocycles. The number of aromatic carboxylic acids is 1. The average Bonchev–Trinajstić information content (AvgIpc) is 2.84. The molecule has 7 nitrogen and oxygen atoms in total. The van der Waals surface area contributed by atoms with Crippen molar-refractivity contribution in [3.05, 3.63) is 35.3 Å². The molecule has 2 amide bonds. The Morgan fingerprint density at radius 1 is 1.26 bits per heavy atom. The molecule has 8 heteroatoms. The number of nitrogens with one attached hydrogen (secondary N) is 2. The summed E-state index contributed by atoms with van der Waals surface area (Å²) in [5, 5.41) is 25.2. The zero-order chi connectivity index (χ0) is 13.8. The largest absolute Gasteiger partial charge is 0.507 e. The van der Waals surface area contributed by atoms with E-state index < -0.39 is 12.0 Å². The van der Waals surface area contributed by atoms with Crippen molar-refractivity contribution in [2.75, 3.05) is 10.6 Å². The van der Waals surface area contributed by atoms with Crippen molar-refractivity contribution in [2.45, 2.75) is 0 Å². The summed E-state index contributed by atoms with van der Waals surface area (Å²) in [6, 6.07) is 3.21. The van der Waals surface area contributed by atoms with Crippen molar-refractivity contribution in [3.8, 4) is 5.75 Å². The number of rotatable bonds is 3. The SMILES string of the molecule is O=C(Nc1ccc(O)c(C(=O)O)c1)Nc1nccs1. The molecular weight excluding hydrogens is 270 g/mol. The molecule has 0 fully saturated rings. The Bertz CT molecular complexity index is 612. The topological polar surface area (TPSA) is 112 Å². The number of hydrogen-bond donors (Lipinski definition) is 4. The van der Waals surface area contributed by atoms with Gasteiger partial charge in [-0.2, -0.15) is 0 Å². The van der Waals surface area contributed by atoms with E-state index >= 15 is 0 Å². The average molecular weight is 279 g/mol. The number of anilines is 2. The van der Waals surface area contributed by atoms with Crippen LogP contribution in [0.5, 0.6) is 5.75 Å². The molecule has 2 aromatic rings. The maximum atomic E-state index is 11.6. The van der Waals surface area contributed by atoms with Gasteiger partial charge in [0.15, 0.2) is 5.13 Å². The monoisotopic (exact) mass is 279 g/mol. The van der Waals surface area contributed by atoms with E-state index in [9.17, 15) is 14.7 Å². The summed E-state index contributed by atoms with van der Waals surface area (Å²) < 4.78 is 0. The first-order chi connectivity index (χ1) is 9.06. The highest BCUT2D eigenvalue weighted by atomic mass is 32.1. The van der Waals surface area contributed by atoms with Gasteiger partial charge in [-0.3, -0.25) is 5.32 Å². The zero-order valence-corrected chi connectivity index (χ0v) is 10.3. The number of aromatic nitrogens is 1. The fraction of sp³-hybridized carbons (Fsp3) is 0. The molecule has 1 aromatic heterocycles. The van der Waals surface area contributed by atoms with E-state index in [0.29, 0.717) is 5.13 Å². The minimum Gasteiger partial charge on any atom is -0.507 e. The summed E-state index contributed by atoms with van der Waals surface area (Å²) in [4.78, 5) is 26.3. The molecule has 0 aliphatic rings. The van der Waals surface area contributed by atoms with Crippen LogP contribution in [0.4, 0.5) is 15.6 Å². The van der Waals surface area contributed by atoms with E-state index in [4.69, 9.17) is 5.11 Å². The van der Waals surface area contributed by atoms with E-state index in [2.05, 4.69) is 15.6 Å². The Morgan fingerprint density at radius 3 is 2.68 bits per heavy atom. The second-order valence-electron chi connectivity index (χ2n) is 3.45. The normalized spacial score (nSPS) is 9.89. The standard InChI is InChI=1S/C11H9N3O4S/c15-8-2-1-6(5-7(8)9(16)17)13-10(18)14-11-12-3-4-19-11/h1-5,15H,(H,16,17)(H2,12,13,14,18). The number of urea groups is 1. The van der Waals surface area contributed by atoms with E-state index in [0.717, 1.165) is 0 Å². The summed E-state index contributed by atoms with van der Waals surface area (Å²) in [6.45, 7) is 0. The van der Waals surface area contributed by atoms with Gasteiger partial charge in [-0.15, -0.1) is 11.3 Å². The van der Waals surface area contributed by atoms with Gasteiger partial charge >= 0.3 is 12.0 Å². The van der Waals surface area contributed by atoms with Gasteiger partial charge in [-0.1, -0.05) is 0 Å². The Balaban J connectivity index is 2.09. The first kappa shape index (κ1) is 12.8. The number of carboxylic acids is 1. The summed E-state index contributed by atoms with van der Waals surface area (Å²) in [5.41, 5.74) is -0.0312. The molecule has 0 saturated heterocycles. The Hall–Kier alpha value is -2.61. The van der Waals surface area contributed by atoms with Gasteiger partial charge in [0.25, 0.3) is 0 Å². The Morgan fingerprint density at radius 2 is 2.05 bits per heavy atom. The minimum absolute atomic E-state index is 0.254. The molecule has 19 heavy (non-hydrogen) atoms. The van der Waals surface area contributed by atoms with Crippen LogP contribution in [0.3, 0.4) is 0 Å². The van der Waals surface area contributed by atoms with Crippen LogP contribution in [-0.2, 0) is 0 Å². The number of aromatic hydroxyl groups is 1. The van der Waals surface area contributed by atoms with Gasteiger partial charge < -0.3 is 15.5 Å². The van der Waals surface area contributed by atoms with Crippen LogP contribution in [0.1, 0.15) is 10.4 Å².